The third-order valence-corrected chi connectivity index (χ3v) is 5.82. The first-order chi connectivity index (χ1) is 16.8. The lowest BCUT2D eigenvalue weighted by Crippen LogP contribution is -2.25. The van der Waals surface area contributed by atoms with E-state index in [-0.39, 0.29) is 17.6 Å². The van der Waals surface area contributed by atoms with Gasteiger partial charge in [0.15, 0.2) is 5.71 Å². The molecule has 0 atom stereocenters. The number of ether oxygens (including phenoxy) is 1. The summed E-state index contributed by atoms with van der Waals surface area (Å²) in [5, 5.41) is 13.5. The Kier molecular flexibility index (Phi) is 8.88. The number of nitrogens with one attached hydrogen (secondary N) is 3. The topological polar surface area (TPSA) is 125 Å². The molecule has 0 aliphatic carbocycles. The monoisotopic (exact) mass is 483 g/mol. The lowest BCUT2D eigenvalue weighted by Gasteiger charge is -2.06. The number of esters is 1. The number of nitrogens with zero attached hydrogens (tertiary/aromatic N) is 2. The minimum atomic E-state index is -0.470. The van der Waals surface area contributed by atoms with Crippen LogP contribution < -0.4 is 10.6 Å². The summed E-state index contributed by atoms with van der Waals surface area (Å²) in [7, 11) is 1.39. The number of amides is 2. The first-order valence-corrected chi connectivity index (χ1v) is 11.6. The van der Waals surface area contributed by atoms with E-state index in [1.54, 1.807) is 13.8 Å². The number of hydrogen-bond acceptors (Lipinski definition) is 6. The van der Waals surface area contributed by atoms with Gasteiger partial charge in [-0.1, -0.05) is 19.3 Å². The zero-order chi connectivity index (χ0) is 25.4. The molecule has 0 radical (unpaired) electrons. The van der Waals surface area contributed by atoms with Crippen LogP contribution in [-0.2, 0) is 14.3 Å². The molecule has 0 saturated carbocycles. The van der Waals surface area contributed by atoms with Crippen LogP contribution in [0.15, 0.2) is 28.4 Å². The number of H-pyrrole nitrogens is 1. The van der Waals surface area contributed by atoms with Crippen LogP contribution in [0.1, 0.15) is 71.4 Å². The number of aromatic nitrogens is 1. The molecule has 3 N–H and O–H groups in total. The summed E-state index contributed by atoms with van der Waals surface area (Å²) in [6, 6.07) is 3.97. The maximum absolute atomic E-state index is 13.6. The molecule has 2 aromatic rings. The van der Waals surface area contributed by atoms with Crippen molar-refractivity contribution in [3.05, 3.63) is 52.1 Å². The van der Waals surface area contributed by atoms with Crippen molar-refractivity contribution in [3.8, 4) is 0 Å². The molecule has 0 fully saturated rings. The van der Waals surface area contributed by atoms with Gasteiger partial charge < -0.3 is 20.4 Å². The molecule has 1 aliphatic heterocycles. The summed E-state index contributed by atoms with van der Waals surface area (Å²) in [5.41, 5.74) is 3.42. The van der Waals surface area contributed by atoms with E-state index in [2.05, 4.69) is 30.6 Å². The lowest BCUT2D eigenvalue weighted by molar-refractivity contribution is -0.140. The van der Waals surface area contributed by atoms with Gasteiger partial charge in [0.2, 0.25) is 0 Å². The van der Waals surface area contributed by atoms with E-state index in [0.717, 1.165) is 32.1 Å². The van der Waals surface area contributed by atoms with Gasteiger partial charge in [-0.25, -0.2) is 4.39 Å². The van der Waals surface area contributed by atoms with Crippen LogP contribution in [0.2, 0.25) is 0 Å². The van der Waals surface area contributed by atoms with Gasteiger partial charge in [0, 0.05) is 24.2 Å². The number of benzene rings is 1. The van der Waals surface area contributed by atoms with Gasteiger partial charge >= 0.3 is 5.97 Å². The number of carbonyl (C=O) groups excluding carboxylic acids is 3. The molecule has 35 heavy (non-hydrogen) atoms. The average Bonchev–Trinajstić information content (AvgIpc) is 3.29. The van der Waals surface area contributed by atoms with Crippen molar-refractivity contribution in [1.82, 2.24) is 10.3 Å². The first-order valence-electron chi connectivity index (χ1n) is 11.6. The Labute approximate surface area is 203 Å². The van der Waals surface area contributed by atoms with Crippen LogP contribution in [-0.4, -0.2) is 48.3 Å². The summed E-state index contributed by atoms with van der Waals surface area (Å²) in [6.45, 7) is 4.17. The van der Waals surface area contributed by atoms with Crippen molar-refractivity contribution in [2.75, 3.05) is 19.0 Å². The second-order valence-electron chi connectivity index (χ2n) is 8.35. The van der Waals surface area contributed by atoms with Crippen molar-refractivity contribution in [1.29, 1.82) is 0 Å². The molecule has 0 unspecified atom stereocenters. The van der Waals surface area contributed by atoms with Crippen molar-refractivity contribution < 1.29 is 23.5 Å². The fraction of sp³-hybridized carbons (Fsp3) is 0.400. The molecule has 10 heteroatoms. The van der Waals surface area contributed by atoms with Gasteiger partial charge in [-0.05, 0) is 50.5 Å². The lowest BCUT2D eigenvalue weighted by atomic mass is 10.1. The number of aryl methyl sites for hydroxylation is 1. The molecule has 1 aromatic carbocycles. The Balaban J connectivity index is 1.53. The summed E-state index contributed by atoms with van der Waals surface area (Å²) in [6.07, 6.45) is 6.45. The maximum Gasteiger partial charge on any atom is 0.305 e. The molecular formula is C25H30FN5O4. The van der Waals surface area contributed by atoms with Crippen molar-refractivity contribution in [2.45, 2.75) is 52.4 Å². The highest BCUT2D eigenvalue weighted by Crippen LogP contribution is 2.24. The average molecular weight is 484 g/mol. The number of hydrogen-bond donors (Lipinski definition) is 3. The Morgan fingerprint density at radius 2 is 1.89 bits per heavy atom. The van der Waals surface area contributed by atoms with Crippen LogP contribution in [0.4, 0.5) is 10.1 Å². The van der Waals surface area contributed by atoms with Crippen molar-refractivity contribution in [3.63, 3.8) is 0 Å². The smallest absolute Gasteiger partial charge is 0.305 e. The Bertz CT molecular complexity index is 1170. The summed E-state index contributed by atoms with van der Waals surface area (Å²) < 4.78 is 18.2. The summed E-state index contributed by atoms with van der Waals surface area (Å²) in [4.78, 5) is 39.0. The Hall–Kier alpha value is -3.82. The predicted octanol–water partition coefficient (Wildman–Crippen LogP) is 3.79. The van der Waals surface area contributed by atoms with E-state index >= 15 is 0 Å². The number of aromatic amines is 1. The van der Waals surface area contributed by atoms with Gasteiger partial charge in [0.05, 0.1) is 30.3 Å². The van der Waals surface area contributed by atoms with Crippen LogP contribution in [0.5, 0.6) is 0 Å². The van der Waals surface area contributed by atoms with Crippen molar-refractivity contribution in [2.24, 2.45) is 10.2 Å². The predicted molar refractivity (Wildman–Crippen MR) is 131 cm³/mol. The van der Waals surface area contributed by atoms with Crippen LogP contribution in [0.3, 0.4) is 0 Å². The molecule has 1 aliphatic rings. The normalized spacial score (nSPS) is 13.8. The van der Waals surface area contributed by atoms with Crippen molar-refractivity contribution >= 4 is 35.4 Å². The number of rotatable bonds is 11. The van der Waals surface area contributed by atoms with Crippen LogP contribution in [0.25, 0.3) is 0 Å². The minimum Gasteiger partial charge on any atom is -0.469 e. The summed E-state index contributed by atoms with van der Waals surface area (Å²) >= 11 is 0. The van der Waals surface area contributed by atoms with Gasteiger partial charge in [-0.15, -0.1) is 5.10 Å². The summed E-state index contributed by atoms with van der Waals surface area (Å²) in [5.74, 6) is -1.28. The van der Waals surface area contributed by atoms with Crippen LogP contribution in [0, 0.1) is 19.7 Å². The largest absolute Gasteiger partial charge is 0.469 e. The Morgan fingerprint density at radius 1 is 1.14 bits per heavy atom. The zero-order valence-electron chi connectivity index (χ0n) is 20.2. The van der Waals surface area contributed by atoms with E-state index in [1.165, 1.54) is 31.5 Å². The Morgan fingerprint density at radius 3 is 2.66 bits per heavy atom. The number of carbonyl (C=O) groups is 3. The van der Waals surface area contributed by atoms with E-state index in [4.69, 9.17) is 0 Å². The van der Waals surface area contributed by atoms with Crippen LogP contribution >= 0.6 is 0 Å². The highest BCUT2D eigenvalue weighted by Gasteiger charge is 2.26. The van der Waals surface area contributed by atoms with Gasteiger partial charge in [-0.2, -0.15) is 5.10 Å². The molecule has 0 bridgehead atoms. The molecule has 3 rings (SSSR count). The fourth-order valence-electron chi connectivity index (χ4n) is 3.93. The fourth-order valence-corrected chi connectivity index (χ4v) is 3.93. The number of anilines is 1. The minimum absolute atomic E-state index is 0.0277. The second kappa shape index (κ2) is 12.0. The van der Waals surface area contributed by atoms with E-state index in [0.29, 0.717) is 46.7 Å². The molecular weight excluding hydrogens is 453 g/mol. The van der Waals surface area contributed by atoms with E-state index < -0.39 is 11.7 Å². The maximum atomic E-state index is 13.6. The number of unbranched alkanes of at least 4 members (excludes halogenated alkanes) is 4. The third kappa shape index (κ3) is 6.62. The zero-order valence-corrected chi connectivity index (χ0v) is 20.2. The molecule has 0 saturated heterocycles. The molecule has 2 amide bonds. The molecule has 1 aromatic heterocycles. The number of halogens is 1. The number of fused-ring (bicyclic) bond motifs is 1. The van der Waals surface area contributed by atoms with E-state index in [1.807, 2.05) is 0 Å². The molecule has 2 heterocycles. The van der Waals surface area contributed by atoms with Gasteiger partial charge in [-0.3, -0.25) is 14.4 Å². The third-order valence-electron chi connectivity index (χ3n) is 5.82. The first kappa shape index (κ1) is 25.8. The second-order valence-corrected chi connectivity index (χ2v) is 8.35. The van der Waals surface area contributed by atoms with E-state index in [9.17, 15) is 18.8 Å². The number of methoxy groups -OCH3 is 1. The van der Waals surface area contributed by atoms with Gasteiger partial charge in [0.25, 0.3) is 11.8 Å². The highest BCUT2D eigenvalue weighted by atomic mass is 19.1. The highest BCUT2D eigenvalue weighted by molar-refractivity contribution is 6.53. The molecule has 0 spiro atoms. The SMILES string of the molecule is COC(=O)CCCCCCCNC(=O)c1c(C)[nH]c(/C=N/N=C2\C(=O)Nc3ccc(F)cc32)c1C. The molecule has 9 nitrogen and oxygen atoms in total. The quantitative estimate of drug-likeness (QED) is 0.195. The molecule has 186 valence electrons. The standard InChI is InChI=1S/C25H30FN5O4/c1-15-20(14-28-31-23-18-13-17(26)10-11-19(18)30-25(23)34)29-16(2)22(15)24(33)27-12-8-6-4-5-7-9-21(32)35-3/h10-11,13-14,29H,4-9,12H2,1-3H3,(H,27,33)(H,30,31,34)/b28-14+. The van der Waals surface area contributed by atoms with Gasteiger partial charge in [0.1, 0.15) is 5.82 Å².